The van der Waals surface area contributed by atoms with E-state index in [9.17, 15) is 0 Å². The van der Waals surface area contributed by atoms with Crippen molar-refractivity contribution in [2.75, 3.05) is 25.4 Å². The second-order valence-corrected chi connectivity index (χ2v) is 9.35. The Bertz CT molecular complexity index is 644. The molecule has 0 bridgehead atoms. The van der Waals surface area contributed by atoms with Crippen molar-refractivity contribution in [3.8, 4) is 0 Å². The van der Waals surface area contributed by atoms with Crippen LogP contribution in [0, 0.1) is 5.41 Å². The Balaban J connectivity index is 0.00000196. The van der Waals surface area contributed by atoms with Gasteiger partial charge >= 0.3 is 0 Å². The molecule has 1 saturated carbocycles. The molecular formula is C20H28ClN3S2. The molecule has 3 nitrogen and oxygen atoms in total. The zero-order chi connectivity index (χ0) is 17.0. The molecule has 1 atom stereocenters. The predicted octanol–water partition coefficient (Wildman–Crippen LogP) is 4.44. The molecule has 4 rings (SSSR count). The molecule has 1 aromatic heterocycles. The van der Waals surface area contributed by atoms with Crippen molar-refractivity contribution >= 4 is 35.5 Å². The number of halogens is 1. The van der Waals surface area contributed by atoms with E-state index in [2.05, 4.69) is 62.7 Å². The Morgan fingerprint density at radius 1 is 1.23 bits per heavy atom. The highest BCUT2D eigenvalue weighted by molar-refractivity contribution is 7.98. The van der Waals surface area contributed by atoms with Gasteiger partial charge in [-0.2, -0.15) is 11.8 Å². The maximum Gasteiger partial charge on any atom is 0.107 e. The van der Waals surface area contributed by atoms with Crippen LogP contribution >= 0.6 is 35.5 Å². The van der Waals surface area contributed by atoms with E-state index in [4.69, 9.17) is 0 Å². The summed E-state index contributed by atoms with van der Waals surface area (Å²) in [4.78, 5) is 7.26. The van der Waals surface area contributed by atoms with Crippen LogP contribution in [-0.4, -0.2) is 41.3 Å². The quantitative estimate of drug-likeness (QED) is 0.652. The number of hydrogen-bond donors (Lipinski definition) is 1. The Morgan fingerprint density at radius 2 is 2.04 bits per heavy atom. The summed E-state index contributed by atoms with van der Waals surface area (Å²) in [5.74, 6) is 2.32. The first-order valence-corrected chi connectivity index (χ1v) is 11.3. The number of nitrogens with zero attached hydrogens (tertiary/aromatic N) is 2. The van der Waals surface area contributed by atoms with Gasteiger partial charge < -0.3 is 5.32 Å². The molecule has 142 valence electrons. The van der Waals surface area contributed by atoms with Gasteiger partial charge in [-0.25, -0.2) is 4.98 Å². The summed E-state index contributed by atoms with van der Waals surface area (Å²) in [5.41, 5.74) is 2.03. The summed E-state index contributed by atoms with van der Waals surface area (Å²) in [6, 6.07) is 11.6. The van der Waals surface area contributed by atoms with Crippen molar-refractivity contribution in [1.82, 2.24) is 15.2 Å². The van der Waals surface area contributed by atoms with E-state index in [1.54, 1.807) is 11.3 Å². The van der Waals surface area contributed by atoms with Gasteiger partial charge in [0, 0.05) is 35.7 Å². The van der Waals surface area contributed by atoms with E-state index in [1.165, 1.54) is 55.2 Å². The second kappa shape index (κ2) is 9.56. The summed E-state index contributed by atoms with van der Waals surface area (Å²) in [6.45, 7) is 4.61. The zero-order valence-electron chi connectivity index (χ0n) is 15.1. The molecule has 1 aromatic carbocycles. The van der Waals surface area contributed by atoms with E-state index >= 15 is 0 Å². The fourth-order valence-electron chi connectivity index (χ4n) is 4.10. The van der Waals surface area contributed by atoms with Crippen molar-refractivity contribution in [2.45, 2.75) is 37.6 Å². The molecular weight excluding hydrogens is 382 g/mol. The van der Waals surface area contributed by atoms with Crippen molar-refractivity contribution in [2.24, 2.45) is 5.41 Å². The van der Waals surface area contributed by atoms with E-state index in [1.807, 2.05) is 6.20 Å². The Labute approximate surface area is 171 Å². The van der Waals surface area contributed by atoms with E-state index < -0.39 is 0 Å². The Morgan fingerprint density at radius 3 is 2.77 bits per heavy atom. The van der Waals surface area contributed by atoms with Crippen LogP contribution in [0.5, 0.6) is 0 Å². The van der Waals surface area contributed by atoms with Gasteiger partial charge in [0.15, 0.2) is 0 Å². The molecule has 26 heavy (non-hydrogen) atoms. The molecule has 1 N–H and O–H groups in total. The molecule has 2 fully saturated rings. The normalized spacial score (nSPS) is 20.9. The minimum atomic E-state index is 0. The predicted molar refractivity (Wildman–Crippen MR) is 115 cm³/mol. The molecule has 1 saturated heterocycles. The van der Waals surface area contributed by atoms with Crippen LogP contribution in [0.4, 0.5) is 0 Å². The molecule has 1 aliphatic carbocycles. The average Bonchev–Trinajstić information content (AvgIpc) is 3.09. The van der Waals surface area contributed by atoms with Crippen molar-refractivity contribution in [1.29, 1.82) is 0 Å². The molecule has 0 radical (unpaired) electrons. The van der Waals surface area contributed by atoms with E-state index in [-0.39, 0.29) is 12.4 Å². The van der Waals surface area contributed by atoms with Crippen LogP contribution < -0.4 is 5.32 Å². The number of piperidine rings is 1. The van der Waals surface area contributed by atoms with Crippen molar-refractivity contribution < 1.29 is 0 Å². The first kappa shape index (κ1) is 20.2. The first-order valence-electron chi connectivity index (χ1n) is 9.31. The highest BCUT2D eigenvalue weighted by Gasteiger charge is 2.56. The summed E-state index contributed by atoms with van der Waals surface area (Å²) < 4.78 is 0. The topological polar surface area (TPSA) is 28.2 Å². The smallest absolute Gasteiger partial charge is 0.107 e. The van der Waals surface area contributed by atoms with E-state index in [0.29, 0.717) is 5.41 Å². The maximum absolute atomic E-state index is 4.53. The molecule has 6 heteroatoms. The lowest BCUT2D eigenvalue weighted by molar-refractivity contribution is 0.205. The number of thioether (sulfide) groups is 1. The van der Waals surface area contributed by atoms with Crippen molar-refractivity contribution in [3.05, 3.63) is 52.5 Å². The summed E-state index contributed by atoms with van der Waals surface area (Å²) in [6.07, 6.45) is 6.03. The van der Waals surface area contributed by atoms with Crippen LogP contribution in [0.15, 0.2) is 41.9 Å². The monoisotopic (exact) mass is 409 g/mol. The van der Waals surface area contributed by atoms with Crippen molar-refractivity contribution in [3.63, 3.8) is 0 Å². The number of rotatable bonds is 8. The lowest BCUT2D eigenvalue weighted by Crippen LogP contribution is -2.37. The maximum atomic E-state index is 4.53. The summed E-state index contributed by atoms with van der Waals surface area (Å²) >= 11 is 3.85. The second-order valence-electron chi connectivity index (χ2n) is 7.27. The van der Waals surface area contributed by atoms with Crippen LogP contribution in [0.2, 0.25) is 0 Å². The van der Waals surface area contributed by atoms with Crippen LogP contribution in [0.1, 0.15) is 29.8 Å². The summed E-state index contributed by atoms with van der Waals surface area (Å²) in [5, 5.41) is 6.89. The molecule has 0 amide bonds. The molecule has 1 unspecified atom stereocenters. The fraction of sp³-hybridized carbons (Fsp3) is 0.550. The summed E-state index contributed by atoms with van der Waals surface area (Å²) in [7, 11) is 0. The van der Waals surface area contributed by atoms with E-state index in [0.717, 1.165) is 18.3 Å². The molecule has 2 heterocycles. The average molecular weight is 410 g/mol. The molecule has 1 aliphatic heterocycles. The van der Waals surface area contributed by atoms with Gasteiger partial charge in [0.25, 0.3) is 0 Å². The van der Waals surface area contributed by atoms with Gasteiger partial charge in [0.1, 0.15) is 5.01 Å². The molecule has 2 aromatic rings. The van der Waals surface area contributed by atoms with Gasteiger partial charge in [-0.1, -0.05) is 30.3 Å². The zero-order valence-corrected chi connectivity index (χ0v) is 17.6. The minimum Gasteiger partial charge on any atom is -0.317 e. The highest BCUT2D eigenvalue weighted by Crippen LogP contribution is 2.56. The fourth-order valence-corrected chi connectivity index (χ4v) is 5.68. The third-order valence-electron chi connectivity index (χ3n) is 5.64. The van der Waals surface area contributed by atoms with Crippen LogP contribution in [-0.2, 0) is 12.3 Å². The Kier molecular flexibility index (Phi) is 7.41. The lowest BCUT2D eigenvalue weighted by Gasteiger charge is -2.29. The van der Waals surface area contributed by atoms with Gasteiger partial charge in [-0.15, -0.1) is 23.7 Å². The van der Waals surface area contributed by atoms with Gasteiger partial charge in [-0.05, 0) is 43.3 Å². The number of benzene rings is 1. The third-order valence-corrected chi connectivity index (χ3v) is 7.42. The standard InChI is InChI=1S/C20H27N3S2.ClH/c1-2-4-17(5-3-1)16-24-13-11-23(15-19-22-10-12-25-19)18-14-20(18)6-8-21-9-7-20;/h1-5,10,12,18,21H,6-9,11,13-16H2;1H. The highest BCUT2D eigenvalue weighted by atomic mass is 35.5. The van der Waals surface area contributed by atoms with Gasteiger partial charge in [0.05, 0.1) is 6.54 Å². The molecule has 2 aliphatic rings. The minimum absolute atomic E-state index is 0. The lowest BCUT2D eigenvalue weighted by atomic mass is 9.93. The number of thiazole rings is 1. The largest absolute Gasteiger partial charge is 0.317 e. The Hall–Kier alpha value is -0.590. The first-order chi connectivity index (χ1) is 12.4. The molecule has 1 spiro atoms. The van der Waals surface area contributed by atoms with Crippen LogP contribution in [0.25, 0.3) is 0 Å². The SMILES string of the molecule is Cl.c1ccc(CSCCN(Cc2nccs2)C2CC23CCNCC3)cc1. The van der Waals surface area contributed by atoms with Gasteiger partial charge in [-0.3, -0.25) is 4.90 Å². The number of nitrogens with one attached hydrogen (secondary N) is 1. The van der Waals surface area contributed by atoms with Gasteiger partial charge in [0.2, 0.25) is 0 Å². The number of aromatic nitrogens is 1. The number of hydrogen-bond acceptors (Lipinski definition) is 5. The van der Waals surface area contributed by atoms with Crippen LogP contribution in [0.3, 0.4) is 0 Å². The third kappa shape index (κ3) is 5.02.